The van der Waals surface area contributed by atoms with Crippen LogP contribution < -0.4 is 10.1 Å². The lowest BCUT2D eigenvalue weighted by atomic mass is 10.1. The summed E-state index contributed by atoms with van der Waals surface area (Å²) in [5.41, 5.74) is 0.672. The van der Waals surface area contributed by atoms with E-state index in [1.165, 1.54) is 17.8 Å². The van der Waals surface area contributed by atoms with Crippen molar-refractivity contribution in [2.75, 3.05) is 25.0 Å². The van der Waals surface area contributed by atoms with Crippen molar-refractivity contribution in [3.8, 4) is 5.75 Å². The van der Waals surface area contributed by atoms with Crippen LogP contribution in [0.1, 0.15) is 36.4 Å². The summed E-state index contributed by atoms with van der Waals surface area (Å²) in [6.45, 7) is 7.65. The molecule has 1 unspecified atom stereocenters. The number of thiophene rings is 1. The minimum Gasteiger partial charge on any atom is -0.487 e. The third kappa shape index (κ3) is 9.23. The highest BCUT2D eigenvalue weighted by Crippen LogP contribution is 2.30. The van der Waals surface area contributed by atoms with Crippen molar-refractivity contribution < 1.29 is 32.6 Å². The maximum Gasteiger partial charge on any atom is 0.490 e. The molecule has 1 aliphatic rings. The molecular weight excluding hydrogens is 481 g/mol. The first-order valence-electron chi connectivity index (χ1n) is 10.3. The summed E-state index contributed by atoms with van der Waals surface area (Å²) in [6.07, 6.45) is -2.68. The van der Waals surface area contributed by atoms with Gasteiger partial charge < -0.3 is 15.2 Å². The maximum atomic E-state index is 12.1. The second-order valence-electron chi connectivity index (χ2n) is 7.89. The van der Waals surface area contributed by atoms with Crippen LogP contribution in [0.15, 0.2) is 35.7 Å². The van der Waals surface area contributed by atoms with Gasteiger partial charge >= 0.3 is 12.1 Å². The SMILES string of the molecule is CC(C)CCN1CCC(Oc2ccc(NC(=O)c3cccs3)cc2Cl)C1.O=C(O)C(F)(F)F. The number of alkyl halides is 3. The zero-order valence-electron chi connectivity index (χ0n) is 18.2. The smallest absolute Gasteiger partial charge is 0.487 e. The molecule has 1 fully saturated rings. The Morgan fingerprint density at radius 1 is 1.33 bits per heavy atom. The minimum absolute atomic E-state index is 0.124. The molecule has 182 valence electrons. The Hall–Kier alpha value is -2.30. The van der Waals surface area contributed by atoms with E-state index in [0.29, 0.717) is 21.3 Å². The third-order valence-electron chi connectivity index (χ3n) is 4.72. The third-order valence-corrected chi connectivity index (χ3v) is 5.89. The van der Waals surface area contributed by atoms with Gasteiger partial charge in [0.25, 0.3) is 5.91 Å². The van der Waals surface area contributed by atoms with Crippen LogP contribution in [0, 0.1) is 5.92 Å². The van der Waals surface area contributed by atoms with Gasteiger partial charge in [-0.05, 0) is 54.9 Å². The van der Waals surface area contributed by atoms with Gasteiger partial charge in [0, 0.05) is 18.8 Å². The molecule has 0 radical (unpaired) electrons. The number of nitrogens with one attached hydrogen (secondary N) is 1. The number of rotatable bonds is 7. The molecule has 1 aliphatic heterocycles. The molecule has 0 saturated carbocycles. The molecule has 2 aromatic rings. The van der Waals surface area contributed by atoms with Crippen molar-refractivity contribution in [1.82, 2.24) is 4.90 Å². The highest BCUT2D eigenvalue weighted by atomic mass is 35.5. The fourth-order valence-electron chi connectivity index (χ4n) is 2.99. The molecule has 11 heteroatoms. The fourth-order valence-corrected chi connectivity index (χ4v) is 3.84. The number of hydrogen-bond acceptors (Lipinski definition) is 5. The van der Waals surface area contributed by atoms with Crippen LogP contribution in [-0.2, 0) is 4.79 Å². The van der Waals surface area contributed by atoms with Crippen molar-refractivity contribution in [2.45, 2.75) is 39.0 Å². The molecule has 2 heterocycles. The van der Waals surface area contributed by atoms with E-state index >= 15 is 0 Å². The van der Waals surface area contributed by atoms with E-state index in [-0.39, 0.29) is 12.0 Å². The molecule has 6 nitrogen and oxygen atoms in total. The normalized spacial score (nSPS) is 16.3. The summed E-state index contributed by atoms with van der Waals surface area (Å²) in [7, 11) is 0. The number of carbonyl (C=O) groups is 2. The first kappa shape index (κ1) is 26.9. The van der Waals surface area contributed by atoms with Gasteiger partial charge in [0.1, 0.15) is 11.9 Å². The molecule has 1 amide bonds. The van der Waals surface area contributed by atoms with E-state index in [1.54, 1.807) is 12.1 Å². The first-order chi connectivity index (χ1) is 15.5. The number of nitrogens with zero attached hydrogens (tertiary/aromatic N) is 1. The van der Waals surface area contributed by atoms with Crippen molar-refractivity contribution >= 4 is 40.5 Å². The van der Waals surface area contributed by atoms with E-state index in [4.69, 9.17) is 26.2 Å². The highest BCUT2D eigenvalue weighted by molar-refractivity contribution is 7.12. The van der Waals surface area contributed by atoms with E-state index in [0.717, 1.165) is 32.0 Å². The Morgan fingerprint density at radius 2 is 2.03 bits per heavy atom. The predicted molar refractivity (Wildman–Crippen MR) is 122 cm³/mol. The molecule has 1 saturated heterocycles. The summed E-state index contributed by atoms with van der Waals surface area (Å²) < 4.78 is 37.8. The van der Waals surface area contributed by atoms with Gasteiger partial charge in [-0.2, -0.15) is 13.2 Å². The first-order valence-corrected chi connectivity index (χ1v) is 11.5. The van der Waals surface area contributed by atoms with Crippen LogP contribution >= 0.6 is 22.9 Å². The zero-order valence-corrected chi connectivity index (χ0v) is 19.8. The molecule has 1 aromatic carbocycles. The molecule has 2 N–H and O–H groups in total. The highest BCUT2D eigenvalue weighted by Gasteiger charge is 2.38. The molecule has 1 aromatic heterocycles. The Kier molecular flexibility index (Phi) is 10.00. The summed E-state index contributed by atoms with van der Waals surface area (Å²) in [4.78, 5) is 24.1. The molecule has 0 aliphatic carbocycles. The quantitative estimate of drug-likeness (QED) is 0.497. The molecule has 0 spiro atoms. The number of amides is 1. The second-order valence-corrected chi connectivity index (χ2v) is 9.25. The fraction of sp³-hybridized carbons (Fsp3) is 0.455. The number of carboxylic acids is 1. The van der Waals surface area contributed by atoms with Crippen LogP contribution in [0.2, 0.25) is 5.02 Å². The molecule has 0 bridgehead atoms. The number of anilines is 1. The summed E-state index contributed by atoms with van der Waals surface area (Å²) in [5, 5.41) is 12.4. The number of likely N-dealkylation sites (tertiary alicyclic amines) is 1. The summed E-state index contributed by atoms with van der Waals surface area (Å²) in [5.74, 6) is -1.48. The predicted octanol–water partition coefficient (Wildman–Crippen LogP) is 5.79. The van der Waals surface area contributed by atoms with E-state index in [9.17, 15) is 18.0 Å². The van der Waals surface area contributed by atoms with Crippen molar-refractivity contribution in [3.05, 3.63) is 45.6 Å². The van der Waals surface area contributed by atoms with Gasteiger partial charge in [0.15, 0.2) is 0 Å². The van der Waals surface area contributed by atoms with Crippen molar-refractivity contribution in [3.63, 3.8) is 0 Å². The average Bonchev–Trinajstić information content (AvgIpc) is 3.40. The number of benzene rings is 1. The lowest BCUT2D eigenvalue weighted by Gasteiger charge is -2.18. The number of carboxylic acid groups (broad SMARTS) is 1. The number of aliphatic carboxylic acids is 1. The van der Waals surface area contributed by atoms with Gasteiger partial charge in [-0.3, -0.25) is 9.69 Å². The lowest BCUT2D eigenvalue weighted by Crippen LogP contribution is -2.26. The second kappa shape index (κ2) is 12.2. The van der Waals surface area contributed by atoms with Crippen LogP contribution in [0.25, 0.3) is 0 Å². The number of ether oxygens (including phenoxy) is 1. The van der Waals surface area contributed by atoms with E-state index in [1.807, 2.05) is 23.6 Å². The van der Waals surface area contributed by atoms with Gasteiger partial charge in [-0.1, -0.05) is 31.5 Å². The monoisotopic (exact) mass is 506 g/mol. The Bertz CT molecular complexity index is 923. The topological polar surface area (TPSA) is 78.9 Å². The molecule has 1 atom stereocenters. The zero-order chi connectivity index (χ0) is 24.6. The van der Waals surface area contributed by atoms with Crippen LogP contribution in [0.5, 0.6) is 5.75 Å². The van der Waals surface area contributed by atoms with Gasteiger partial charge in [-0.15, -0.1) is 11.3 Å². The summed E-state index contributed by atoms with van der Waals surface area (Å²) >= 11 is 7.78. The Balaban J connectivity index is 0.000000479. The van der Waals surface area contributed by atoms with Crippen molar-refractivity contribution in [2.24, 2.45) is 5.92 Å². The minimum atomic E-state index is -5.08. The van der Waals surface area contributed by atoms with Crippen molar-refractivity contribution in [1.29, 1.82) is 0 Å². The average molecular weight is 507 g/mol. The van der Waals surface area contributed by atoms with Crippen LogP contribution in [0.4, 0.5) is 18.9 Å². The number of halogens is 4. The van der Waals surface area contributed by atoms with Gasteiger partial charge in [0.05, 0.1) is 9.90 Å². The number of hydrogen-bond donors (Lipinski definition) is 2. The molecular formula is C22H26ClF3N2O4S. The summed E-state index contributed by atoms with van der Waals surface area (Å²) in [6, 6.07) is 9.06. The standard InChI is InChI=1S/C20H25ClN2O2S.C2HF3O2/c1-14(2)7-9-23-10-8-16(13-23)25-18-6-5-15(12-17(18)21)22-20(24)19-4-3-11-26-19;3-2(4,5)1(6)7/h3-6,11-12,14,16H,7-10,13H2,1-2H3,(H,22,24);(H,6,7). The maximum absolute atomic E-state index is 12.1. The number of carbonyl (C=O) groups excluding carboxylic acids is 1. The van der Waals surface area contributed by atoms with Crippen LogP contribution in [0.3, 0.4) is 0 Å². The van der Waals surface area contributed by atoms with E-state index in [2.05, 4.69) is 24.1 Å². The van der Waals surface area contributed by atoms with E-state index < -0.39 is 12.1 Å². The van der Waals surface area contributed by atoms with Gasteiger partial charge in [-0.25, -0.2) is 4.79 Å². The Morgan fingerprint density at radius 3 is 2.58 bits per heavy atom. The largest absolute Gasteiger partial charge is 0.490 e. The lowest BCUT2D eigenvalue weighted by molar-refractivity contribution is -0.192. The van der Waals surface area contributed by atoms with Crippen LogP contribution in [-0.4, -0.2) is 53.8 Å². The molecule has 3 rings (SSSR count). The molecule has 33 heavy (non-hydrogen) atoms. The Labute approximate surface area is 199 Å². The van der Waals surface area contributed by atoms with Gasteiger partial charge in [0.2, 0.25) is 0 Å².